The molecule has 1 saturated carbocycles. The van der Waals surface area contributed by atoms with E-state index >= 15 is 0 Å². The lowest BCUT2D eigenvalue weighted by Crippen LogP contribution is -2.45. The fourth-order valence-corrected chi connectivity index (χ4v) is 4.11. The van der Waals surface area contributed by atoms with Gasteiger partial charge in [0.25, 0.3) is 0 Å². The maximum Gasteiger partial charge on any atom is 0.0589 e. The molecule has 2 N–H and O–H groups in total. The van der Waals surface area contributed by atoms with Crippen molar-refractivity contribution in [1.82, 2.24) is 10.2 Å². The lowest BCUT2D eigenvalue weighted by atomic mass is 9.93. The molecule has 0 aromatic rings. The van der Waals surface area contributed by atoms with Crippen molar-refractivity contribution in [3.63, 3.8) is 0 Å². The van der Waals surface area contributed by atoms with Crippen LogP contribution < -0.4 is 5.32 Å². The number of likely N-dealkylation sites (tertiary alicyclic amines) is 1. The van der Waals surface area contributed by atoms with Crippen LogP contribution in [0.2, 0.25) is 0 Å². The average molecular weight is 282 g/mol. The summed E-state index contributed by atoms with van der Waals surface area (Å²) >= 11 is 0. The first kappa shape index (κ1) is 16.3. The molecule has 3 heteroatoms. The fourth-order valence-electron chi connectivity index (χ4n) is 4.11. The molecule has 3 nitrogen and oxygen atoms in total. The van der Waals surface area contributed by atoms with Gasteiger partial charge < -0.3 is 10.4 Å². The quantitative estimate of drug-likeness (QED) is 0.735. The lowest BCUT2D eigenvalue weighted by molar-refractivity contribution is 0.113. The van der Waals surface area contributed by atoms with Gasteiger partial charge in [0, 0.05) is 18.6 Å². The summed E-state index contributed by atoms with van der Waals surface area (Å²) in [5.74, 6) is 1.44. The third kappa shape index (κ3) is 4.19. The summed E-state index contributed by atoms with van der Waals surface area (Å²) in [5.41, 5.74) is 0. The molecule has 0 amide bonds. The maximum absolute atomic E-state index is 9.64. The monoisotopic (exact) mass is 282 g/mol. The summed E-state index contributed by atoms with van der Waals surface area (Å²) < 4.78 is 0. The Morgan fingerprint density at radius 3 is 2.70 bits per heavy atom. The molecule has 118 valence electrons. The van der Waals surface area contributed by atoms with E-state index in [2.05, 4.69) is 24.1 Å². The highest BCUT2D eigenvalue weighted by Crippen LogP contribution is 2.29. The largest absolute Gasteiger partial charge is 0.395 e. The number of hydrogen-bond acceptors (Lipinski definition) is 3. The molecule has 4 atom stereocenters. The molecule has 1 heterocycles. The molecule has 1 saturated heterocycles. The van der Waals surface area contributed by atoms with E-state index < -0.39 is 0 Å². The smallest absolute Gasteiger partial charge is 0.0589 e. The number of nitrogens with one attached hydrogen (secondary N) is 1. The Kier molecular flexibility index (Phi) is 6.79. The molecule has 20 heavy (non-hydrogen) atoms. The van der Waals surface area contributed by atoms with Crippen LogP contribution in [0.3, 0.4) is 0 Å². The Bertz CT molecular complexity index is 272. The third-order valence-electron chi connectivity index (χ3n) is 5.47. The van der Waals surface area contributed by atoms with Crippen molar-refractivity contribution in [3.8, 4) is 0 Å². The molecule has 0 aromatic carbocycles. The lowest BCUT2D eigenvalue weighted by Gasteiger charge is -2.33. The molecule has 2 aliphatic rings. The number of rotatable bonds is 6. The van der Waals surface area contributed by atoms with Crippen LogP contribution in [0.5, 0.6) is 0 Å². The van der Waals surface area contributed by atoms with Gasteiger partial charge in [-0.25, -0.2) is 0 Å². The molecule has 0 aromatic heterocycles. The van der Waals surface area contributed by atoms with Crippen LogP contribution in [-0.2, 0) is 0 Å². The van der Waals surface area contributed by atoms with E-state index in [9.17, 15) is 5.11 Å². The fraction of sp³-hybridized carbons (Fsp3) is 1.00. The highest BCUT2D eigenvalue weighted by Gasteiger charge is 2.33. The average Bonchev–Trinajstić information content (AvgIpc) is 2.66. The van der Waals surface area contributed by atoms with Crippen LogP contribution in [0.15, 0.2) is 0 Å². The normalized spacial score (nSPS) is 36.1. The second-order valence-electron chi connectivity index (χ2n) is 6.97. The molecule has 1 aliphatic heterocycles. The van der Waals surface area contributed by atoms with Crippen molar-refractivity contribution in [1.29, 1.82) is 0 Å². The minimum Gasteiger partial charge on any atom is -0.395 e. The molecule has 1 aliphatic carbocycles. The van der Waals surface area contributed by atoms with Gasteiger partial charge in [-0.3, -0.25) is 4.90 Å². The second kappa shape index (κ2) is 8.35. The third-order valence-corrected chi connectivity index (χ3v) is 5.47. The van der Waals surface area contributed by atoms with Crippen molar-refractivity contribution >= 4 is 0 Å². The zero-order valence-electron chi connectivity index (χ0n) is 13.5. The Morgan fingerprint density at radius 1 is 1.15 bits per heavy atom. The molecule has 0 bridgehead atoms. The Morgan fingerprint density at radius 2 is 1.95 bits per heavy atom. The van der Waals surface area contributed by atoms with Gasteiger partial charge in [0.2, 0.25) is 0 Å². The summed E-state index contributed by atoms with van der Waals surface area (Å²) in [5, 5.41) is 13.4. The van der Waals surface area contributed by atoms with Crippen molar-refractivity contribution < 1.29 is 5.11 Å². The molecule has 0 radical (unpaired) electrons. The van der Waals surface area contributed by atoms with Crippen LogP contribution in [0.1, 0.15) is 58.8 Å². The Hall–Kier alpha value is -0.120. The van der Waals surface area contributed by atoms with Crippen LogP contribution in [0.4, 0.5) is 0 Å². The van der Waals surface area contributed by atoms with Gasteiger partial charge in [-0.1, -0.05) is 33.1 Å². The number of aliphatic hydroxyl groups excluding tert-OH is 1. The summed E-state index contributed by atoms with van der Waals surface area (Å²) in [6.07, 6.45) is 9.37. The maximum atomic E-state index is 9.64. The summed E-state index contributed by atoms with van der Waals surface area (Å²) in [6.45, 7) is 8.41. The van der Waals surface area contributed by atoms with E-state index in [4.69, 9.17) is 0 Å². The second-order valence-corrected chi connectivity index (χ2v) is 6.97. The molecular formula is C17H34N2O. The van der Waals surface area contributed by atoms with Gasteiger partial charge in [0.1, 0.15) is 0 Å². The standard InChI is InChI=1S/C17H34N2O/c1-3-10-18-16-8-6-4-5-7-15(16)12-19-11-9-14(2)17(19)13-20/h14-18,20H,3-13H2,1-2H3. The number of nitrogens with zero attached hydrogens (tertiary/aromatic N) is 1. The van der Waals surface area contributed by atoms with E-state index in [0.717, 1.165) is 12.5 Å². The zero-order chi connectivity index (χ0) is 14.4. The zero-order valence-corrected chi connectivity index (χ0v) is 13.5. The molecule has 2 rings (SSSR count). The predicted octanol–water partition coefficient (Wildman–Crippen LogP) is 2.64. The first-order valence-corrected chi connectivity index (χ1v) is 8.84. The van der Waals surface area contributed by atoms with E-state index in [-0.39, 0.29) is 0 Å². The van der Waals surface area contributed by atoms with Crippen LogP contribution in [0.25, 0.3) is 0 Å². The molecular weight excluding hydrogens is 248 g/mol. The first-order chi connectivity index (χ1) is 9.76. The Balaban J connectivity index is 1.92. The molecule has 2 fully saturated rings. The van der Waals surface area contributed by atoms with Gasteiger partial charge in [-0.05, 0) is 50.6 Å². The van der Waals surface area contributed by atoms with E-state index in [1.807, 2.05) is 0 Å². The predicted molar refractivity (Wildman–Crippen MR) is 84.9 cm³/mol. The van der Waals surface area contributed by atoms with Crippen molar-refractivity contribution in [3.05, 3.63) is 0 Å². The van der Waals surface area contributed by atoms with E-state index in [0.29, 0.717) is 24.6 Å². The van der Waals surface area contributed by atoms with E-state index in [1.165, 1.54) is 58.0 Å². The van der Waals surface area contributed by atoms with Gasteiger partial charge >= 0.3 is 0 Å². The Labute approximate surface area is 125 Å². The molecule has 4 unspecified atom stereocenters. The minimum atomic E-state index is 0.334. The van der Waals surface area contributed by atoms with Crippen LogP contribution in [-0.4, -0.2) is 48.3 Å². The van der Waals surface area contributed by atoms with Crippen LogP contribution in [0, 0.1) is 11.8 Å². The van der Waals surface area contributed by atoms with Gasteiger partial charge in [-0.15, -0.1) is 0 Å². The number of hydrogen-bond donors (Lipinski definition) is 2. The van der Waals surface area contributed by atoms with Gasteiger partial charge in [0.05, 0.1) is 6.61 Å². The van der Waals surface area contributed by atoms with Crippen LogP contribution >= 0.6 is 0 Å². The first-order valence-electron chi connectivity index (χ1n) is 8.84. The van der Waals surface area contributed by atoms with Crippen molar-refractivity contribution in [2.24, 2.45) is 11.8 Å². The van der Waals surface area contributed by atoms with Gasteiger partial charge in [0.15, 0.2) is 0 Å². The van der Waals surface area contributed by atoms with E-state index in [1.54, 1.807) is 0 Å². The molecule has 0 spiro atoms. The highest BCUT2D eigenvalue weighted by molar-refractivity contribution is 4.89. The topological polar surface area (TPSA) is 35.5 Å². The summed E-state index contributed by atoms with van der Waals surface area (Å²) in [6, 6.07) is 1.11. The SMILES string of the molecule is CCCNC1CCCCCC1CN1CCC(C)C1CO. The summed E-state index contributed by atoms with van der Waals surface area (Å²) in [7, 11) is 0. The van der Waals surface area contributed by atoms with Gasteiger partial charge in [-0.2, -0.15) is 0 Å². The minimum absolute atomic E-state index is 0.334. The van der Waals surface area contributed by atoms with Crippen molar-refractivity contribution in [2.75, 3.05) is 26.2 Å². The summed E-state index contributed by atoms with van der Waals surface area (Å²) in [4.78, 5) is 2.57. The highest BCUT2D eigenvalue weighted by atomic mass is 16.3. The van der Waals surface area contributed by atoms with Crippen molar-refractivity contribution in [2.45, 2.75) is 70.9 Å². The number of aliphatic hydroxyl groups is 1.